The lowest BCUT2D eigenvalue weighted by atomic mass is 9.99. The maximum absolute atomic E-state index is 12.0. The summed E-state index contributed by atoms with van der Waals surface area (Å²) in [6.45, 7) is 9.09. The Morgan fingerprint density at radius 2 is 1.86 bits per heavy atom. The van der Waals surface area contributed by atoms with E-state index in [-0.39, 0.29) is 18.1 Å². The molecule has 0 spiro atoms. The van der Waals surface area contributed by atoms with E-state index in [0.29, 0.717) is 11.4 Å². The molecule has 0 atom stereocenters. The average Bonchev–Trinajstić information content (AvgIpc) is 2.38. The van der Waals surface area contributed by atoms with Gasteiger partial charge in [0.2, 0.25) is 0 Å². The summed E-state index contributed by atoms with van der Waals surface area (Å²) in [6, 6.07) is 5.24. The summed E-state index contributed by atoms with van der Waals surface area (Å²) in [6.07, 6.45) is -0.300. The van der Waals surface area contributed by atoms with Gasteiger partial charge in [0.15, 0.2) is 0 Å². The predicted octanol–water partition coefficient (Wildman–Crippen LogP) is 3.81. The van der Waals surface area contributed by atoms with Crippen molar-refractivity contribution in [3.8, 4) is 5.75 Å². The number of ether oxygens (including phenoxy) is 2. The fourth-order valence-electron chi connectivity index (χ4n) is 1.76. The molecule has 5 heteroatoms. The molecule has 0 radical (unpaired) electrons. The van der Waals surface area contributed by atoms with Gasteiger partial charge in [0.05, 0.1) is 12.8 Å². The molecule has 1 rings (SSSR count). The van der Waals surface area contributed by atoms with Gasteiger partial charge in [0.25, 0.3) is 0 Å². The molecule has 0 aliphatic rings. The minimum Gasteiger partial charge on any atom is -0.497 e. The van der Waals surface area contributed by atoms with Gasteiger partial charge < -0.3 is 9.47 Å². The maximum Gasteiger partial charge on any atom is 0.412 e. The van der Waals surface area contributed by atoms with E-state index in [1.807, 2.05) is 13.8 Å². The summed E-state index contributed by atoms with van der Waals surface area (Å²) in [4.78, 5) is 23.9. The van der Waals surface area contributed by atoms with Crippen LogP contribution in [0.1, 0.15) is 40.2 Å². The van der Waals surface area contributed by atoms with Crippen LogP contribution < -0.4 is 10.1 Å². The first kappa shape index (κ1) is 18.0. The molecule has 22 heavy (non-hydrogen) atoms. The molecule has 0 bridgehead atoms. The number of hydrogen-bond acceptors (Lipinski definition) is 4. The summed E-state index contributed by atoms with van der Waals surface area (Å²) in [5.74, 6) is 0.653. The number of Topliss-reactive ketones (excluding diaryl/α,β-unsaturated/α-hetero) is 1. The molecule has 0 unspecified atom stereocenters. The molecule has 0 heterocycles. The van der Waals surface area contributed by atoms with Gasteiger partial charge in [-0.25, -0.2) is 4.79 Å². The number of rotatable bonds is 5. The minimum absolute atomic E-state index is 0.0588. The molecule has 0 fully saturated rings. The van der Waals surface area contributed by atoms with E-state index in [4.69, 9.17) is 9.47 Å². The van der Waals surface area contributed by atoms with Crippen molar-refractivity contribution >= 4 is 17.6 Å². The van der Waals surface area contributed by atoms with Crippen molar-refractivity contribution in [1.82, 2.24) is 0 Å². The molecular formula is C17H25NO4. The van der Waals surface area contributed by atoms with E-state index in [1.54, 1.807) is 46.1 Å². The van der Waals surface area contributed by atoms with Gasteiger partial charge in [-0.2, -0.15) is 0 Å². The Bertz CT molecular complexity index is 544. The van der Waals surface area contributed by atoms with Crippen molar-refractivity contribution in [2.24, 2.45) is 5.92 Å². The topological polar surface area (TPSA) is 64.6 Å². The summed E-state index contributed by atoms with van der Waals surface area (Å²) >= 11 is 0. The molecule has 1 aromatic carbocycles. The zero-order valence-corrected chi connectivity index (χ0v) is 14.1. The molecule has 1 amide bonds. The maximum atomic E-state index is 12.0. The molecule has 0 aliphatic carbocycles. The highest BCUT2D eigenvalue weighted by molar-refractivity contribution is 5.89. The molecule has 0 saturated heterocycles. The van der Waals surface area contributed by atoms with Gasteiger partial charge >= 0.3 is 6.09 Å². The Morgan fingerprint density at radius 3 is 2.36 bits per heavy atom. The number of methoxy groups -OCH3 is 1. The fourth-order valence-corrected chi connectivity index (χ4v) is 1.76. The lowest BCUT2D eigenvalue weighted by molar-refractivity contribution is -0.121. The highest BCUT2D eigenvalue weighted by Crippen LogP contribution is 2.24. The highest BCUT2D eigenvalue weighted by Gasteiger charge is 2.18. The second-order valence-electron chi connectivity index (χ2n) is 6.45. The summed E-state index contributed by atoms with van der Waals surface area (Å²) in [5, 5.41) is 2.69. The zero-order valence-electron chi connectivity index (χ0n) is 14.1. The van der Waals surface area contributed by atoms with Crippen LogP contribution in [-0.2, 0) is 16.0 Å². The first-order valence-electron chi connectivity index (χ1n) is 7.32. The standard InChI is InChI=1S/C17H25NO4/c1-11(2)15(19)9-12-7-8-13(21-6)10-14(12)18-16(20)22-17(3,4)5/h7-8,10-11H,9H2,1-6H3,(H,18,20). The highest BCUT2D eigenvalue weighted by atomic mass is 16.6. The zero-order chi connectivity index (χ0) is 16.9. The van der Waals surface area contributed by atoms with Crippen molar-refractivity contribution in [2.45, 2.75) is 46.6 Å². The quantitative estimate of drug-likeness (QED) is 0.898. The number of carbonyl (C=O) groups is 2. The average molecular weight is 307 g/mol. The van der Waals surface area contributed by atoms with Crippen LogP contribution in [0.25, 0.3) is 0 Å². The Labute approximate surface area is 132 Å². The van der Waals surface area contributed by atoms with Crippen molar-refractivity contribution in [1.29, 1.82) is 0 Å². The number of ketones is 1. The van der Waals surface area contributed by atoms with Crippen molar-refractivity contribution in [2.75, 3.05) is 12.4 Å². The Kier molecular flexibility index (Phi) is 5.97. The molecule has 5 nitrogen and oxygen atoms in total. The normalized spacial score (nSPS) is 11.2. The SMILES string of the molecule is COc1ccc(CC(=O)C(C)C)c(NC(=O)OC(C)(C)C)c1. The second kappa shape index (κ2) is 7.29. The number of benzene rings is 1. The number of anilines is 1. The molecule has 0 saturated carbocycles. The third kappa shape index (κ3) is 5.76. The molecular weight excluding hydrogens is 282 g/mol. The van der Waals surface area contributed by atoms with Crippen LogP contribution in [0.5, 0.6) is 5.75 Å². The van der Waals surface area contributed by atoms with Gasteiger partial charge in [0, 0.05) is 18.4 Å². The third-order valence-electron chi connectivity index (χ3n) is 2.96. The largest absolute Gasteiger partial charge is 0.497 e. The van der Waals surface area contributed by atoms with Crippen LogP contribution in [0.2, 0.25) is 0 Å². The number of carbonyl (C=O) groups excluding carboxylic acids is 2. The van der Waals surface area contributed by atoms with E-state index < -0.39 is 11.7 Å². The lowest BCUT2D eigenvalue weighted by Gasteiger charge is -2.20. The monoisotopic (exact) mass is 307 g/mol. The number of amides is 1. The van der Waals surface area contributed by atoms with E-state index in [2.05, 4.69) is 5.32 Å². The van der Waals surface area contributed by atoms with Gasteiger partial charge in [-0.3, -0.25) is 10.1 Å². The van der Waals surface area contributed by atoms with E-state index in [1.165, 1.54) is 0 Å². The Balaban J connectivity index is 2.98. The lowest BCUT2D eigenvalue weighted by Crippen LogP contribution is -2.27. The third-order valence-corrected chi connectivity index (χ3v) is 2.96. The van der Waals surface area contributed by atoms with Gasteiger partial charge in [-0.15, -0.1) is 0 Å². The van der Waals surface area contributed by atoms with E-state index >= 15 is 0 Å². The van der Waals surface area contributed by atoms with Gasteiger partial charge in [-0.1, -0.05) is 19.9 Å². The minimum atomic E-state index is -0.586. The van der Waals surface area contributed by atoms with Crippen molar-refractivity contribution in [3.05, 3.63) is 23.8 Å². The first-order chi connectivity index (χ1) is 10.1. The van der Waals surface area contributed by atoms with Crippen LogP contribution in [0.4, 0.5) is 10.5 Å². The fraction of sp³-hybridized carbons (Fsp3) is 0.529. The first-order valence-corrected chi connectivity index (χ1v) is 7.32. The number of nitrogens with one attached hydrogen (secondary N) is 1. The molecule has 0 aliphatic heterocycles. The summed E-state index contributed by atoms with van der Waals surface area (Å²) < 4.78 is 10.4. The molecule has 1 aromatic rings. The van der Waals surface area contributed by atoms with E-state index in [9.17, 15) is 9.59 Å². The van der Waals surface area contributed by atoms with Crippen LogP contribution in [0.3, 0.4) is 0 Å². The van der Waals surface area contributed by atoms with Crippen LogP contribution in [-0.4, -0.2) is 24.6 Å². The summed E-state index contributed by atoms with van der Waals surface area (Å²) in [5.41, 5.74) is 0.685. The van der Waals surface area contributed by atoms with Crippen molar-refractivity contribution < 1.29 is 19.1 Å². The summed E-state index contributed by atoms with van der Waals surface area (Å²) in [7, 11) is 1.55. The molecule has 0 aromatic heterocycles. The van der Waals surface area contributed by atoms with Crippen LogP contribution >= 0.6 is 0 Å². The molecule has 122 valence electrons. The second-order valence-corrected chi connectivity index (χ2v) is 6.45. The Hall–Kier alpha value is -2.04. The van der Waals surface area contributed by atoms with Crippen molar-refractivity contribution in [3.63, 3.8) is 0 Å². The predicted molar refractivity (Wildman–Crippen MR) is 86.4 cm³/mol. The smallest absolute Gasteiger partial charge is 0.412 e. The number of hydrogen-bond donors (Lipinski definition) is 1. The van der Waals surface area contributed by atoms with E-state index in [0.717, 1.165) is 5.56 Å². The molecule has 1 N–H and O–H groups in total. The van der Waals surface area contributed by atoms with Gasteiger partial charge in [0.1, 0.15) is 17.1 Å². The van der Waals surface area contributed by atoms with Gasteiger partial charge in [-0.05, 0) is 32.4 Å². The van der Waals surface area contributed by atoms with Crippen LogP contribution in [0, 0.1) is 5.92 Å². The van der Waals surface area contributed by atoms with Crippen LogP contribution in [0.15, 0.2) is 18.2 Å². The Morgan fingerprint density at radius 1 is 1.23 bits per heavy atom.